The monoisotopic (exact) mass is 337 g/mol. The molecule has 3 rings (SSSR count). The van der Waals surface area contributed by atoms with Crippen LogP contribution in [-0.4, -0.2) is 36.1 Å². The summed E-state index contributed by atoms with van der Waals surface area (Å²) in [6.45, 7) is 2.86. The average molecular weight is 337 g/mol. The molecule has 0 aromatic carbocycles. The number of ether oxygens (including phenoxy) is 1. The molecule has 128 valence electrons. The molecule has 1 aliphatic heterocycles. The summed E-state index contributed by atoms with van der Waals surface area (Å²) in [4.78, 5) is 18.9. The zero-order chi connectivity index (χ0) is 16.1. The largest absolute Gasteiger partial charge is 0.378 e. The third-order valence-electron chi connectivity index (χ3n) is 5.10. The van der Waals surface area contributed by atoms with Gasteiger partial charge in [-0.25, -0.2) is 9.78 Å². The fourth-order valence-corrected chi connectivity index (χ4v) is 4.67. The summed E-state index contributed by atoms with van der Waals surface area (Å²) in [5, 5.41) is 5.97. The normalized spacial score (nSPS) is 22.5. The smallest absolute Gasteiger partial charge is 0.317 e. The maximum absolute atomic E-state index is 12.4. The van der Waals surface area contributed by atoms with E-state index in [1.54, 1.807) is 18.4 Å². The molecule has 23 heavy (non-hydrogen) atoms. The van der Waals surface area contributed by atoms with E-state index in [9.17, 15) is 4.79 Å². The number of amides is 2. The van der Waals surface area contributed by atoms with Gasteiger partial charge in [-0.3, -0.25) is 0 Å². The summed E-state index contributed by atoms with van der Waals surface area (Å²) >= 11 is 1.58. The molecule has 0 bridgehead atoms. The van der Waals surface area contributed by atoms with Crippen LogP contribution in [0.2, 0.25) is 0 Å². The molecular weight excluding hydrogens is 310 g/mol. The van der Waals surface area contributed by atoms with Crippen molar-refractivity contribution in [2.45, 2.75) is 51.7 Å². The second-order valence-electron chi connectivity index (χ2n) is 6.72. The molecule has 5 nitrogen and oxygen atoms in total. The first-order chi connectivity index (χ1) is 11.3. The molecule has 1 atom stereocenters. The van der Waals surface area contributed by atoms with Crippen molar-refractivity contribution < 1.29 is 9.53 Å². The number of thiazole rings is 1. The Morgan fingerprint density at radius 3 is 2.91 bits per heavy atom. The predicted molar refractivity (Wildman–Crippen MR) is 91.3 cm³/mol. The van der Waals surface area contributed by atoms with Crippen molar-refractivity contribution in [1.82, 2.24) is 15.2 Å². The summed E-state index contributed by atoms with van der Waals surface area (Å²) in [7, 11) is 1.67. The molecule has 0 radical (unpaired) electrons. The van der Waals surface area contributed by atoms with E-state index < -0.39 is 0 Å². The van der Waals surface area contributed by atoms with Crippen LogP contribution in [0.5, 0.6) is 0 Å². The number of rotatable bonds is 5. The maximum Gasteiger partial charge on any atom is 0.317 e. The third kappa shape index (κ3) is 4.44. The molecule has 0 unspecified atom stereocenters. The van der Waals surface area contributed by atoms with Crippen molar-refractivity contribution in [2.75, 3.05) is 20.2 Å². The minimum absolute atomic E-state index is 0.0639. The van der Waals surface area contributed by atoms with Gasteiger partial charge in [0.05, 0.1) is 18.8 Å². The van der Waals surface area contributed by atoms with E-state index in [-0.39, 0.29) is 6.03 Å². The van der Waals surface area contributed by atoms with Crippen molar-refractivity contribution in [3.05, 3.63) is 16.1 Å². The number of urea groups is 1. The molecule has 2 amide bonds. The van der Waals surface area contributed by atoms with Gasteiger partial charge in [0.1, 0.15) is 5.01 Å². The maximum atomic E-state index is 12.4. The molecule has 1 aliphatic carbocycles. The number of carbonyl (C=O) groups excluding carboxylic acids is 1. The molecular formula is C17H27N3O2S. The van der Waals surface area contributed by atoms with Crippen LogP contribution in [0.4, 0.5) is 4.79 Å². The molecule has 6 heteroatoms. The highest BCUT2D eigenvalue weighted by Crippen LogP contribution is 2.35. The Labute approximate surface area is 142 Å². The SMILES string of the molecule is COCc1nc(CNC(=O)N2CCC[C@H](C3CCCC3)C2)cs1. The lowest BCUT2D eigenvalue weighted by molar-refractivity contribution is 0.141. The Kier molecular flexibility index (Phi) is 5.89. The highest BCUT2D eigenvalue weighted by atomic mass is 32.1. The van der Waals surface area contributed by atoms with Gasteiger partial charge in [0, 0.05) is 25.6 Å². The first-order valence-electron chi connectivity index (χ1n) is 8.71. The highest BCUT2D eigenvalue weighted by Gasteiger charge is 2.30. The Bertz CT molecular complexity index is 514. The van der Waals surface area contributed by atoms with Gasteiger partial charge < -0.3 is 15.0 Å². The van der Waals surface area contributed by atoms with Crippen molar-refractivity contribution >= 4 is 17.4 Å². The van der Waals surface area contributed by atoms with Crippen molar-refractivity contribution in [3.63, 3.8) is 0 Å². The Morgan fingerprint density at radius 2 is 2.13 bits per heavy atom. The molecule has 2 fully saturated rings. The standard InChI is InChI=1S/C17H27N3O2S/c1-22-11-16-19-15(12-23-16)9-18-17(21)20-8-4-7-14(10-20)13-5-2-3-6-13/h12-14H,2-11H2,1H3,(H,18,21)/t14-/m0/s1. The number of carbonyl (C=O) groups is 1. The predicted octanol–water partition coefficient (Wildman–Crippen LogP) is 3.40. The quantitative estimate of drug-likeness (QED) is 0.896. The molecule has 0 spiro atoms. The van der Waals surface area contributed by atoms with Gasteiger partial charge in [-0.2, -0.15) is 0 Å². The lowest BCUT2D eigenvalue weighted by Gasteiger charge is -2.35. The lowest BCUT2D eigenvalue weighted by Crippen LogP contribution is -2.46. The van der Waals surface area contributed by atoms with Gasteiger partial charge in [-0.1, -0.05) is 25.7 Å². The fourth-order valence-electron chi connectivity index (χ4n) is 3.91. The van der Waals surface area contributed by atoms with Crippen LogP contribution in [-0.2, 0) is 17.9 Å². The van der Waals surface area contributed by atoms with Gasteiger partial charge >= 0.3 is 6.03 Å². The summed E-state index contributed by atoms with van der Waals surface area (Å²) in [5.74, 6) is 1.56. The summed E-state index contributed by atoms with van der Waals surface area (Å²) in [6, 6.07) is 0.0639. The van der Waals surface area contributed by atoms with Crippen molar-refractivity contribution in [1.29, 1.82) is 0 Å². The number of piperidine rings is 1. The van der Waals surface area contributed by atoms with Gasteiger partial charge in [0.25, 0.3) is 0 Å². The third-order valence-corrected chi connectivity index (χ3v) is 5.97. The Balaban J connectivity index is 1.47. The molecule has 1 N–H and O–H groups in total. The van der Waals surface area contributed by atoms with Crippen LogP contribution in [0.15, 0.2) is 5.38 Å². The molecule has 1 aromatic rings. The van der Waals surface area contributed by atoms with E-state index in [1.807, 2.05) is 10.3 Å². The van der Waals surface area contributed by atoms with Gasteiger partial charge in [-0.05, 0) is 24.7 Å². The minimum atomic E-state index is 0.0639. The van der Waals surface area contributed by atoms with E-state index in [0.717, 1.165) is 36.1 Å². The number of nitrogens with one attached hydrogen (secondary N) is 1. The number of hydrogen-bond acceptors (Lipinski definition) is 4. The lowest BCUT2D eigenvalue weighted by atomic mass is 9.84. The molecule has 1 saturated heterocycles. The van der Waals surface area contributed by atoms with Crippen LogP contribution < -0.4 is 5.32 Å². The number of likely N-dealkylation sites (tertiary alicyclic amines) is 1. The highest BCUT2D eigenvalue weighted by molar-refractivity contribution is 7.09. The zero-order valence-corrected chi connectivity index (χ0v) is 14.7. The van der Waals surface area contributed by atoms with Crippen LogP contribution in [0, 0.1) is 11.8 Å². The van der Waals surface area contributed by atoms with E-state index in [0.29, 0.717) is 19.1 Å². The first-order valence-corrected chi connectivity index (χ1v) is 9.59. The summed E-state index contributed by atoms with van der Waals surface area (Å²) < 4.78 is 5.07. The van der Waals surface area contributed by atoms with Crippen LogP contribution in [0.3, 0.4) is 0 Å². The number of hydrogen-bond donors (Lipinski definition) is 1. The second kappa shape index (κ2) is 8.11. The number of aromatic nitrogens is 1. The molecule has 2 aliphatic rings. The average Bonchev–Trinajstić information content (AvgIpc) is 3.25. The van der Waals surface area contributed by atoms with Gasteiger partial charge in [-0.15, -0.1) is 11.3 Å². The van der Waals surface area contributed by atoms with Crippen molar-refractivity contribution in [2.24, 2.45) is 11.8 Å². The Hall–Kier alpha value is -1.14. The Morgan fingerprint density at radius 1 is 1.35 bits per heavy atom. The topological polar surface area (TPSA) is 54.5 Å². The fraction of sp³-hybridized carbons (Fsp3) is 0.765. The first kappa shape index (κ1) is 16.7. The minimum Gasteiger partial charge on any atom is -0.378 e. The van der Waals surface area contributed by atoms with Crippen molar-refractivity contribution in [3.8, 4) is 0 Å². The van der Waals surface area contributed by atoms with Crippen LogP contribution in [0.25, 0.3) is 0 Å². The second-order valence-corrected chi connectivity index (χ2v) is 7.66. The number of methoxy groups -OCH3 is 1. The van der Waals surface area contributed by atoms with E-state index >= 15 is 0 Å². The van der Waals surface area contributed by atoms with Gasteiger partial charge in [0.2, 0.25) is 0 Å². The van der Waals surface area contributed by atoms with E-state index in [1.165, 1.54) is 32.1 Å². The molecule has 2 heterocycles. The summed E-state index contributed by atoms with van der Waals surface area (Å²) in [5.41, 5.74) is 0.916. The van der Waals surface area contributed by atoms with Crippen LogP contribution in [0.1, 0.15) is 49.2 Å². The van der Waals surface area contributed by atoms with E-state index in [4.69, 9.17) is 4.74 Å². The number of nitrogens with zero attached hydrogens (tertiary/aromatic N) is 2. The zero-order valence-electron chi connectivity index (χ0n) is 13.9. The van der Waals surface area contributed by atoms with Gasteiger partial charge in [0.15, 0.2) is 0 Å². The summed E-state index contributed by atoms with van der Waals surface area (Å²) in [6.07, 6.45) is 7.91. The van der Waals surface area contributed by atoms with E-state index in [2.05, 4.69) is 10.3 Å². The molecule has 1 saturated carbocycles. The molecule has 1 aromatic heterocycles. The van der Waals surface area contributed by atoms with Crippen LogP contribution >= 0.6 is 11.3 Å².